The molecule has 1 amide bonds. The van der Waals surface area contributed by atoms with E-state index in [0.717, 1.165) is 11.1 Å². The maximum absolute atomic E-state index is 13.4. The lowest BCUT2D eigenvalue weighted by molar-refractivity contribution is -0.138. The van der Waals surface area contributed by atoms with Crippen LogP contribution >= 0.6 is 0 Å². The third kappa shape index (κ3) is 5.44. The van der Waals surface area contributed by atoms with E-state index in [-0.39, 0.29) is 18.4 Å². The van der Waals surface area contributed by atoms with E-state index < -0.39 is 10.2 Å². The van der Waals surface area contributed by atoms with E-state index in [1.54, 1.807) is 0 Å². The predicted octanol–water partition coefficient (Wildman–Crippen LogP) is 2.73. The van der Waals surface area contributed by atoms with Crippen LogP contribution in [0.2, 0.25) is 0 Å². The van der Waals surface area contributed by atoms with Crippen molar-refractivity contribution in [2.75, 3.05) is 27.2 Å². The monoisotopic (exact) mass is 415 g/mol. The lowest BCUT2D eigenvalue weighted by Crippen LogP contribution is -2.49. The molecule has 0 aliphatic carbocycles. The van der Waals surface area contributed by atoms with Crippen molar-refractivity contribution in [3.05, 3.63) is 71.8 Å². The first kappa shape index (κ1) is 21.5. The molecule has 1 unspecified atom stereocenters. The van der Waals surface area contributed by atoms with Gasteiger partial charge in [-0.1, -0.05) is 60.7 Å². The molecule has 2 aromatic carbocycles. The van der Waals surface area contributed by atoms with Gasteiger partial charge in [-0.05, 0) is 24.0 Å². The number of benzene rings is 2. The molecule has 0 spiro atoms. The highest BCUT2D eigenvalue weighted by molar-refractivity contribution is 7.86. The van der Waals surface area contributed by atoms with Crippen LogP contribution in [-0.4, -0.2) is 55.0 Å². The van der Waals surface area contributed by atoms with E-state index in [1.807, 2.05) is 65.6 Å². The van der Waals surface area contributed by atoms with E-state index in [4.69, 9.17) is 0 Å². The zero-order chi connectivity index (χ0) is 20.9. The van der Waals surface area contributed by atoms with Gasteiger partial charge in [0.25, 0.3) is 10.2 Å². The van der Waals surface area contributed by atoms with Crippen molar-refractivity contribution >= 4 is 16.1 Å². The Bertz CT molecular complexity index is 860. The maximum atomic E-state index is 13.4. The molecule has 2 aromatic rings. The summed E-state index contributed by atoms with van der Waals surface area (Å²) in [4.78, 5) is 15.3. The summed E-state index contributed by atoms with van der Waals surface area (Å²) in [6, 6.07) is 19.8. The van der Waals surface area contributed by atoms with Gasteiger partial charge in [-0.15, -0.1) is 0 Å². The second-order valence-electron chi connectivity index (χ2n) is 7.65. The van der Waals surface area contributed by atoms with Crippen molar-refractivity contribution in [2.24, 2.45) is 5.92 Å². The second-order valence-corrected chi connectivity index (χ2v) is 9.80. The standard InChI is InChI=1S/C22H29N3O3S/c1-23(2)29(27,28)25-15-9-14-21(18-25)22(26)24(16-19-10-5-3-6-11-19)17-20-12-7-4-8-13-20/h3-8,10-13,21H,9,14-18H2,1-2H3. The minimum absolute atomic E-state index is 0.0105. The zero-order valence-corrected chi connectivity index (χ0v) is 17.9. The topological polar surface area (TPSA) is 60.9 Å². The Kier molecular flexibility index (Phi) is 7.05. The first-order valence-corrected chi connectivity index (χ1v) is 11.3. The number of hydrogen-bond donors (Lipinski definition) is 0. The van der Waals surface area contributed by atoms with Crippen molar-refractivity contribution in [1.29, 1.82) is 0 Å². The number of piperidine rings is 1. The highest BCUT2D eigenvalue weighted by Gasteiger charge is 2.35. The number of carbonyl (C=O) groups excluding carboxylic acids is 1. The van der Waals surface area contributed by atoms with Crippen LogP contribution in [0.15, 0.2) is 60.7 Å². The van der Waals surface area contributed by atoms with E-state index in [0.29, 0.717) is 32.5 Å². The van der Waals surface area contributed by atoms with Crippen LogP contribution < -0.4 is 0 Å². The number of rotatable bonds is 7. The third-order valence-electron chi connectivity index (χ3n) is 5.27. The Morgan fingerprint density at radius 3 is 1.97 bits per heavy atom. The van der Waals surface area contributed by atoms with Gasteiger partial charge in [-0.3, -0.25) is 4.79 Å². The lowest BCUT2D eigenvalue weighted by Gasteiger charge is -2.35. The molecule has 1 atom stereocenters. The molecule has 1 aliphatic rings. The molecule has 1 saturated heterocycles. The summed E-state index contributed by atoms with van der Waals surface area (Å²) in [5.41, 5.74) is 2.12. The molecule has 1 heterocycles. The molecular formula is C22H29N3O3S. The molecule has 156 valence electrons. The van der Waals surface area contributed by atoms with Crippen LogP contribution in [0.25, 0.3) is 0 Å². The first-order chi connectivity index (χ1) is 13.9. The molecule has 0 saturated carbocycles. The van der Waals surface area contributed by atoms with Gasteiger partial charge in [0.2, 0.25) is 5.91 Å². The van der Waals surface area contributed by atoms with Crippen LogP contribution in [0.1, 0.15) is 24.0 Å². The van der Waals surface area contributed by atoms with E-state index >= 15 is 0 Å². The summed E-state index contributed by atoms with van der Waals surface area (Å²) in [6.07, 6.45) is 1.40. The van der Waals surface area contributed by atoms with Gasteiger partial charge >= 0.3 is 0 Å². The van der Waals surface area contributed by atoms with Crippen LogP contribution in [-0.2, 0) is 28.1 Å². The van der Waals surface area contributed by atoms with Crippen LogP contribution in [0, 0.1) is 5.92 Å². The molecular weight excluding hydrogens is 386 g/mol. The fraction of sp³-hybridized carbons (Fsp3) is 0.409. The molecule has 0 aromatic heterocycles. The van der Waals surface area contributed by atoms with Gasteiger partial charge in [0, 0.05) is 40.3 Å². The Balaban J connectivity index is 1.79. The largest absolute Gasteiger partial charge is 0.334 e. The number of nitrogens with zero attached hydrogens (tertiary/aromatic N) is 3. The van der Waals surface area contributed by atoms with Crippen LogP contribution in [0.4, 0.5) is 0 Å². The molecule has 1 aliphatic heterocycles. The first-order valence-electron chi connectivity index (χ1n) is 9.92. The quantitative estimate of drug-likeness (QED) is 0.699. The van der Waals surface area contributed by atoms with Gasteiger partial charge in [0.1, 0.15) is 0 Å². The van der Waals surface area contributed by atoms with E-state index in [9.17, 15) is 13.2 Å². The Morgan fingerprint density at radius 2 is 1.48 bits per heavy atom. The predicted molar refractivity (Wildman–Crippen MR) is 114 cm³/mol. The molecule has 0 bridgehead atoms. The summed E-state index contributed by atoms with van der Waals surface area (Å²) in [5, 5.41) is 0. The number of amides is 1. The van der Waals surface area contributed by atoms with Crippen molar-refractivity contribution in [1.82, 2.24) is 13.5 Å². The van der Waals surface area contributed by atoms with Gasteiger partial charge in [-0.25, -0.2) is 0 Å². The van der Waals surface area contributed by atoms with Crippen LogP contribution in [0.5, 0.6) is 0 Å². The van der Waals surface area contributed by atoms with Crippen molar-refractivity contribution in [3.8, 4) is 0 Å². The number of carbonyl (C=O) groups is 1. The fourth-order valence-corrected chi connectivity index (χ4v) is 4.85. The minimum atomic E-state index is -3.51. The van der Waals surface area contributed by atoms with Crippen LogP contribution in [0.3, 0.4) is 0 Å². The molecule has 3 rings (SSSR count). The van der Waals surface area contributed by atoms with Gasteiger partial charge in [0.05, 0.1) is 5.92 Å². The molecule has 6 nitrogen and oxygen atoms in total. The molecule has 0 N–H and O–H groups in total. The fourth-order valence-electron chi connectivity index (χ4n) is 3.66. The van der Waals surface area contributed by atoms with Crippen molar-refractivity contribution in [3.63, 3.8) is 0 Å². The number of hydrogen-bond acceptors (Lipinski definition) is 3. The summed E-state index contributed by atoms with van der Waals surface area (Å²) < 4.78 is 27.7. The van der Waals surface area contributed by atoms with Crippen molar-refractivity contribution in [2.45, 2.75) is 25.9 Å². The highest BCUT2D eigenvalue weighted by Crippen LogP contribution is 2.24. The third-order valence-corrected chi connectivity index (χ3v) is 7.17. The highest BCUT2D eigenvalue weighted by atomic mass is 32.2. The van der Waals surface area contributed by atoms with Gasteiger partial charge < -0.3 is 4.90 Å². The average molecular weight is 416 g/mol. The Hall–Kier alpha value is -2.22. The van der Waals surface area contributed by atoms with Gasteiger partial charge in [-0.2, -0.15) is 17.0 Å². The maximum Gasteiger partial charge on any atom is 0.281 e. The average Bonchev–Trinajstić information content (AvgIpc) is 2.74. The smallest absolute Gasteiger partial charge is 0.281 e. The Morgan fingerprint density at radius 1 is 0.966 bits per heavy atom. The summed E-state index contributed by atoms with van der Waals surface area (Å²) in [6.45, 7) is 1.71. The van der Waals surface area contributed by atoms with E-state index in [1.165, 1.54) is 22.7 Å². The lowest BCUT2D eigenvalue weighted by atomic mass is 9.97. The molecule has 0 radical (unpaired) electrons. The molecule has 1 fully saturated rings. The van der Waals surface area contributed by atoms with E-state index in [2.05, 4.69) is 0 Å². The molecule has 7 heteroatoms. The zero-order valence-electron chi connectivity index (χ0n) is 17.1. The van der Waals surface area contributed by atoms with Crippen molar-refractivity contribution < 1.29 is 13.2 Å². The summed E-state index contributed by atoms with van der Waals surface area (Å²) in [7, 11) is -0.463. The second kappa shape index (κ2) is 9.52. The SMILES string of the molecule is CN(C)S(=O)(=O)N1CCCC(C(=O)N(Cc2ccccc2)Cc2ccccc2)C1. The molecule has 29 heavy (non-hydrogen) atoms. The minimum Gasteiger partial charge on any atom is -0.334 e. The van der Waals surface area contributed by atoms with Gasteiger partial charge in [0.15, 0.2) is 0 Å². The Labute approximate surface area is 173 Å². The summed E-state index contributed by atoms with van der Waals surface area (Å²) >= 11 is 0. The summed E-state index contributed by atoms with van der Waals surface area (Å²) in [5.74, 6) is -0.317. The normalized spacial score (nSPS) is 18.0.